The largest absolute Gasteiger partial charge is 0.494 e. The van der Waals surface area contributed by atoms with Crippen LogP contribution in [-0.4, -0.2) is 30.5 Å². The number of unbranched alkanes of at least 4 members (excludes halogenated alkanes) is 3. The zero-order valence-corrected chi connectivity index (χ0v) is 15.5. The van der Waals surface area contributed by atoms with Crippen molar-refractivity contribution >= 4 is 29.2 Å². The van der Waals surface area contributed by atoms with Crippen molar-refractivity contribution in [3.8, 4) is 5.75 Å². The number of carbonyl (C=O) groups is 1. The highest BCUT2D eigenvalue weighted by atomic mass is 35.5. The Bertz CT molecular complexity index is 508. The SMILES string of the molecule is NOCCCCCCOc1cc(CCl)cc(CCl)c1.O=C(O)C(F)(F)F. The molecule has 3 N–H and O–H groups in total. The molecule has 0 aliphatic carbocycles. The molecular formula is C16H22Cl2F3NO4. The lowest BCUT2D eigenvalue weighted by atomic mass is 10.1. The normalized spacial score (nSPS) is 10.8. The van der Waals surface area contributed by atoms with Crippen molar-refractivity contribution in [3.05, 3.63) is 29.3 Å². The van der Waals surface area contributed by atoms with E-state index in [0.717, 1.165) is 42.6 Å². The van der Waals surface area contributed by atoms with Gasteiger partial charge in [-0.25, -0.2) is 10.7 Å². The standard InChI is InChI=1S/C14H21Cl2NO2.C2HF3O2/c15-10-12-7-13(11-16)9-14(8-12)18-5-3-1-2-4-6-19-17;3-2(4,5)1(6)7/h7-9H,1-6,10-11,17H2;(H,6,7). The third kappa shape index (κ3) is 12.2. The Morgan fingerprint density at radius 2 is 1.46 bits per heavy atom. The fourth-order valence-corrected chi connectivity index (χ4v) is 2.11. The molecule has 0 bridgehead atoms. The molecule has 0 aromatic heterocycles. The van der Waals surface area contributed by atoms with Crippen molar-refractivity contribution < 1.29 is 32.6 Å². The van der Waals surface area contributed by atoms with Gasteiger partial charge >= 0.3 is 12.1 Å². The van der Waals surface area contributed by atoms with E-state index < -0.39 is 12.1 Å². The first kappa shape index (κ1) is 24.8. The highest BCUT2D eigenvalue weighted by molar-refractivity contribution is 6.17. The van der Waals surface area contributed by atoms with Gasteiger partial charge in [0, 0.05) is 11.8 Å². The molecule has 0 fully saturated rings. The molecule has 0 spiro atoms. The van der Waals surface area contributed by atoms with Gasteiger partial charge in [-0.2, -0.15) is 13.2 Å². The molecule has 150 valence electrons. The summed E-state index contributed by atoms with van der Waals surface area (Å²) in [5.74, 6) is 3.99. The zero-order chi connectivity index (χ0) is 20.0. The van der Waals surface area contributed by atoms with E-state index in [1.165, 1.54) is 0 Å². The number of alkyl halides is 5. The summed E-state index contributed by atoms with van der Waals surface area (Å²) in [5, 5.41) is 7.12. The molecule has 0 heterocycles. The van der Waals surface area contributed by atoms with Gasteiger partial charge in [0.05, 0.1) is 13.2 Å². The van der Waals surface area contributed by atoms with Crippen molar-refractivity contribution in [2.24, 2.45) is 5.90 Å². The Kier molecular flexibility index (Phi) is 13.3. The van der Waals surface area contributed by atoms with Gasteiger partial charge < -0.3 is 14.7 Å². The first-order valence-corrected chi connectivity index (χ1v) is 8.80. The highest BCUT2D eigenvalue weighted by Crippen LogP contribution is 2.20. The molecule has 0 atom stereocenters. The molecule has 1 aromatic rings. The number of hydrogen-bond acceptors (Lipinski definition) is 4. The van der Waals surface area contributed by atoms with E-state index in [0.29, 0.717) is 25.0 Å². The summed E-state index contributed by atoms with van der Waals surface area (Å²) < 4.78 is 37.5. The van der Waals surface area contributed by atoms with Gasteiger partial charge in [0.1, 0.15) is 5.75 Å². The van der Waals surface area contributed by atoms with Gasteiger partial charge in [-0.15, -0.1) is 23.2 Å². The smallest absolute Gasteiger partial charge is 0.490 e. The zero-order valence-electron chi connectivity index (χ0n) is 14.0. The minimum atomic E-state index is -5.08. The van der Waals surface area contributed by atoms with Crippen LogP contribution in [0.5, 0.6) is 5.75 Å². The second-order valence-corrected chi connectivity index (χ2v) is 5.72. The number of ether oxygens (including phenoxy) is 1. The fourth-order valence-electron chi connectivity index (χ4n) is 1.80. The van der Waals surface area contributed by atoms with Crippen molar-refractivity contribution in [1.82, 2.24) is 0 Å². The minimum Gasteiger partial charge on any atom is -0.494 e. The molecule has 0 amide bonds. The lowest BCUT2D eigenvalue weighted by Gasteiger charge is -2.09. The minimum absolute atomic E-state index is 0.472. The first-order chi connectivity index (χ1) is 12.2. The second kappa shape index (κ2) is 13.9. The molecule has 5 nitrogen and oxygen atoms in total. The lowest BCUT2D eigenvalue weighted by Crippen LogP contribution is -2.21. The molecule has 1 aromatic carbocycles. The van der Waals surface area contributed by atoms with E-state index >= 15 is 0 Å². The van der Waals surface area contributed by atoms with Crippen LogP contribution in [0.2, 0.25) is 0 Å². The monoisotopic (exact) mass is 419 g/mol. The lowest BCUT2D eigenvalue weighted by molar-refractivity contribution is -0.192. The molecular weight excluding hydrogens is 398 g/mol. The summed E-state index contributed by atoms with van der Waals surface area (Å²) in [5.41, 5.74) is 2.07. The fraction of sp³-hybridized carbons (Fsp3) is 0.562. The first-order valence-electron chi connectivity index (χ1n) is 7.74. The molecule has 0 saturated heterocycles. The molecule has 10 heteroatoms. The number of hydrogen-bond donors (Lipinski definition) is 2. The summed E-state index contributed by atoms with van der Waals surface area (Å²) in [6.45, 7) is 1.33. The third-order valence-corrected chi connectivity index (χ3v) is 3.62. The molecule has 0 aliphatic heterocycles. The molecule has 0 radical (unpaired) electrons. The van der Waals surface area contributed by atoms with E-state index in [9.17, 15) is 13.2 Å². The summed E-state index contributed by atoms with van der Waals surface area (Å²) in [4.78, 5) is 13.4. The number of benzene rings is 1. The van der Waals surface area contributed by atoms with E-state index in [4.69, 9.17) is 43.7 Å². The maximum Gasteiger partial charge on any atom is 0.490 e. The number of nitrogens with two attached hydrogens (primary N) is 1. The number of halogens is 5. The predicted molar refractivity (Wildman–Crippen MR) is 93.3 cm³/mol. The van der Waals surface area contributed by atoms with Crippen molar-refractivity contribution in [2.45, 2.75) is 43.6 Å². The quantitative estimate of drug-likeness (QED) is 0.328. The van der Waals surface area contributed by atoms with Crippen LogP contribution in [0.15, 0.2) is 18.2 Å². The van der Waals surface area contributed by atoms with Crippen LogP contribution >= 0.6 is 23.2 Å². The van der Waals surface area contributed by atoms with Gasteiger partial charge in [-0.1, -0.05) is 12.5 Å². The molecule has 0 unspecified atom stereocenters. The average molecular weight is 420 g/mol. The number of rotatable bonds is 10. The highest BCUT2D eigenvalue weighted by Gasteiger charge is 2.38. The maximum atomic E-state index is 10.6. The number of carboxylic acid groups (broad SMARTS) is 1. The molecule has 26 heavy (non-hydrogen) atoms. The third-order valence-electron chi connectivity index (χ3n) is 3.00. The Balaban J connectivity index is 0.000000758. The van der Waals surface area contributed by atoms with Gasteiger partial charge in [0.2, 0.25) is 0 Å². The molecule has 0 saturated carbocycles. The Morgan fingerprint density at radius 1 is 1.00 bits per heavy atom. The Morgan fingerprint density at radius 3 is 1.85 bits per heavy atom. The van der Waals surface area contributed by atoms with E-state index in [1.54, 1.807) is 0 Å². The average Bonchev–Trinajstić information content (AvgIpc) is 2.60. The van der Waals surface area contributed by atoms with Crippen molar-refractivity contribution in [2.75, 3.05) is 13.2 Å². The van der Waals surface area contributed by atoms with Crippen LogP contribution < -0.4 is 10.6 Å². The molecule has 0 aliphatic rings. The van der Waals surface area contributed by atoms with E-state index in [2.05, 4.69) is 4.84 Å². The van der Waals surface area contributed by atoms with Gasteiger partial charge in [-0.3, -0.25) is 0 Å². The van der Waals surface area contributed by atoms with Crippen LogP contribution in [0.25, 0.3) is 0 Å². The van der Waals surface area contributed by atoms with Gasteiger partial charge in [0.15, 0.2) is 0 Å². The topological polar surface area (TPSA) is 81.8 Å². The summed E-state index contributed by atoms with van der Waals surface area (Å²) in [7, 11) is 0. The van der Waals surface area contributed by atoms with Gasteiger partial charge in [0.25, 0.3) is 0 Å². The maximum absolute atomic E-state index is 10.6. The van der Waals surface area contributed by atoms with E-state index in [-0.39, 0.29) is 0 Å². The summed E-state index contributed by atoms with van der Waals surface area (Å²) >= 11 is 11.7. The Hall–Kier alpha value is -1.22. The Labute approximate surface area is 160 Å². The second-order valence-electron chi connectivity index (χ2n) is 5.19. The van der Waals surface area contributed by atoms with Crippen LogP contribution in [0.1, 0.15) is 36.8 Å². The van der Waals surface area contributed by atoms with Crippen molar-refractivity contribution in [1.29, 1.82) is 0 Å². The van der Waals surface area contributed by atoms with Crippen LogP contribution in [0.4, 0.5) is 13.2 Å². The summed E-state index contributed by atoms with van der Waals surface area (Å²) in [6.07, 6.45) is -0.851. The number of aliphatic carboxylic acids is 1. The van der Waals surface area contributed by atoms with Crippen LogP contribution in [-0.2, 0) is 21.4 Å². The van der Waals surface area contributed by atoms with Crippen LogP contribution in [0.3, 0.4) is 0 Å². The van der Waals surface area contributed by atoms with Gasteiger partial charge in [-0.05, 0) is 42.5 Å². The number of carboxylic acids is 1. The van der Waals surface area contributed by atoms with Crippen molar-refractivity contribution in [3.63, 3.8) is 0 Å². The van der Waals surface area contributed by atoms with Crippen LogP contribution in [0, 0.1) is 0 Å². The summed E-state index contributed by atoms with van der Waals surface area (Å²) in [6, 6.07) is 5.93. The van der Waals surface area contributed by atoms with E-state index in [1.807, 2.05) is 18.2 Å². The molecule has 1 rings (SSSR count). The predicted octanol–water partition coefficient (Wildman–Crippen LogP) is 4.63.